The molecule has 1 saturated heterocycles. The Morgan fingerprint density at radius 1 is 1.39 bits per heavy atom. The standard InChI is InChI=1S/C12H19NO3S2/c1-9-3-10(2)6-13(5-9)18(15,16)12-4-11(7-14)17-8-12/h4,8-10,14H,3,5-7H2,1-2H3. The van der Waals surface area contributed by atoms with E-state index in [2.05, 4.69) is 13.8 Å². The van der Waals surface area contributed by atoms with Crippen LogP contribution in [0.5, 0.6) is 0 Å². The topological polar surface area (TPSA) is 57.6 Å². The number of nitrogens with zero attached hydrogens (tertiary/aromatic N) is 1. The zero-order chi connectivity index (χ0) is 13.3. The lowest BCUT2D eigenvalue weighted by molar-refractivity contribution is 0.222. The van der Waals surface area contributed by atoms with Crippen molar-refractivity contribution in [1.82, 2.24) is 4.31 Å². The Labute approximate surface area is 112 Å². The van der Waals surface area contributed by atoms with Crippen molar-refractivity contribution in [2.45, 2.75) is 31.8 Å². The summed E-state index contributed by atoms with van der Waals surface area (Å²) in [5, 5.41) is 10.6. The molecule has 0 aliphatic carbocycles. The fraction of sp³-hybridized carbons (Fsp3) is 0.667. The van der Waals surface area contributed by atoms with Gasteiger partial charge in [-0.15, -0.1) is 11.3 Å². The van der Waals surface area contributed by atoms with Crippen LogP contribution in [0, 0.1) is 11.8 Å². The summed E-state index contributed by atoms with van der Waals surface area (Å²) in [6.07, 6.45) is 1.08. The average Bonchev–Trinajstić information content (AvgIpc) is 2.76. The van der Waals surface area contributed by atoms with Gasteiger partial charge in [-0.25, -0.2) is 8.42 Å². The maximum Gasteiger partial charge on any atom is 0.243 e. The minimum Gasteiger partial charge on any atom is -0.391 e. The summed E-state index contributed by atoms with van der Waals surface area (Å²) in [6, 6.07) is 1.57. The van der Waals surface area contributed by atoms with Gasteiger partial charge in [0, 0.05) is 23.3 Å². The average molecular weight is 289 g/mol. The van der Waals surface area contributed by atoms with Gasteiger partial charge in [0.15, 0.2) is 0 Å². The summed E-state index contributed by atoms with van der Waals surface area (Å²) in [5.74, 6) is 0.805. The van der Waals surface area contributed by atoms with Gasteiger partial charge in [0.25, 0.3) is 0 Å². The number of rotatable bonds is 3. The van der Waals surface area contributed by atoms with Gasteiger partial charge in [-0.1, -0.05) is 13.8 Å². The Hall–Kier alpha value is -0.430. The van der Waals surface area contributed by atoms with Crippen LogP contribution in [-0.4, -0.2) is 30.9 Å². The molecule has 2 unspecified atom stereocenters. The third kappa shape index (κ3) is 2.77. The Morgan fingerprint density at radius 3 is 2.50 bits per heavy atom. The predicted molar refractivity (Wildman–Crippen MR) is 71.9 cm³/mol. The van der Waals surface area contributed by atoms with Crippen LogP contribution < -0.4 is 0 Å². The number of hydrogen-bond donors (Lipinski definition) is 1. The highest BCUT2D eigenvalue weighted by Gasteiger charge is 2.32. The second-order valence-electron chi connectivity index (χ2n) is 5.17. The van der Waals surface area contributed by atoms with E-state index in [1.807, 2.05) is 0 Å². The van der Waals surface area contributed by atoms with E-state index in [0.29, 0.717) is 34.7 Å². The van der Waals surface area contributed by atoms with Crippen LogP contribution in [0.15, 0.2) is 16.3 Å². The van der Waals surface area contributed by atoms with Gasteiger partial charge in [-0.3, -0.25) is 0 Å². The van der Waals surface area contributed by atoms with Gasteiger partial charge in [0.1, 0.15) is 0 Å². The van der Waals surface area contributed by atoms with Crippen LogP contribution >= 0.6 is 11.3 Å². The third-order valence-corrected chi connectivity index (χ3v) is 6.14. The molecule has 1 aromatic heterocycles. The van der Waals surface area contributed by atoms with Gasteiger partial charge in [0.05, 0.1) is 11.5 Å². The molecule has 0 bridgehead atoms. The van der Waals surface area contributed by atoms with E-state index in [0.717, 1.165) is 6.42 Å². The third-order valence-electron chi connectivity index (χ3n) is 3.26. The molecule has 102 valence electrons. The van der Waals surface area contributed by atoms with E-state index in [1.54, 1.807) is 15.8 Å². The van der Waals surface area contributed by atoms with Gasteiger partial charge in [-0.05, 0) is 24.3 Å². The molecular weight excluding hydrogens is 270 g/mol. The van der Waals surface area contributed by atoms with Crippen LogP contribution in [0.4, 0.5) is 0 Å². The molecule has 0 aromatic carbocycles. The fourth-order valence-corrected chi connectivity index (χ4v) is 5.33. The van der Waals surface area contributed by atoms with Crippen molar-refractivity contribution in [3.63, 3.8) is 0 Å². The van der Waals surface area contributed by atoms with Crippen molar-refractivity contribution in [2.24, 2.45) is 11.8 Å². The molecule has 1 fully saturated rings. The van der Waals surface area contributed by atoms with Crippen molar-refractivity contribution in [2.75, 3.05) is 13.1 Å². The lowest BCUT2D eigenvalue weighted by atomic mass is 9.94. The largest absolute Gasteiger partial charge is 0.391 e. The number of thiophene rings is 1. The van der Waals surface area contributed by atoms with Crippen LogP contribution in [0.2, 0.25) is 0 Å². The summed E-state index contributed by atoms with van der Waals surface area (Å²) in [6.45, 7) is 5.26. The maximum atomic E-state index is 12.5. The molecule has 1 aliphatic heterocycles. The van der Waals surface area contributed by atoms with E-state index in [4.69, 9.17) is 5.11 Å². The normalized spacial score (nSPS) is 26.4. The Kier molecular flexibility index (Phi) is 4.11. The van der Waals surface area contributed by atoms with E-state index in [1.165, 1.54) is 11.3 Å². The molecular formula is C12H19NO3S2. The van der Waals surface area contributed by atoms with Crippen molar-refractivity contribution in [1.29, 1.82) is 0 Å². The second-order valence-corrected chi connectivity index (χ2v) is 8.11. The molecule has 2 rings (SSSR count). The zero-order valence-corrected chi connectivity index (χ0v) is 12.3. The Morgan fingerprint density at radius 2 is 2.00 bits per heavy atom. The van der Waals surface area contributed by atoms with Crippen LogP contribution in [0.3, 0.4) is 0 Å². The van der Waals surface area contributed by atoms with E-state index < -0.39 is 10.0 Å². The molecule has 0 radical (unpaired) electrons. The molecule has 0 spiro atoms. The first-order chi connectivity index (χ1) is 8.43. The second kappa shape index (κ2) is 5.28. The number of aliphatic hydroxyl groups is 1. The van der Waals surface area contributed by atoms with Gasteiger partial charge in [-0.2, -0.15) is 4.31 Å². The summed E-state index contributed by atoms with van der Waals surface area (Å²) < 4.78 is 26.5. The molecule has 4 nitrogen and oxygen atoms in total. The number of piperidine rings is 1. The summed E-state index contributed by atoms with van der Waals surface area (Å²) in [4.78, 5) is 1.00. The fourth-order valence-electron chi connectivity index (χ4n) is 2.53. The highest BCUT2D eigenvalue weighted by atomic mass is 32.2. The molecule has 1 aliphatic rings. The minimum absolute atomic E-state index is 0.104. The lowest BCUT2D eigenvalue weighted by Gasteiger charge is -2.33. The van der Waals surface area contributed by atoms with Crippen molar-refractivity contribution >= 4 is 21.4 Å². The first kappa shape index (κ1) is 14.0. The molecule has 0 saturated carbocycles. The molecule has 0 amide bonds. The number of aliphatic hydroxyl groups excluding tert-OH is 1. The molecule has 2 heterocycles. The molecule has 18 heavy (non-hydrogen) atoms. The first-order valence-electron chi connectivity index (χ1n) is 6.12. The number of sulfonamides is 1. The van der Waals surface area contributed by atoms with Crippen LogP contribution in [-0.2, 0) is 16.6 Å². The molecule has 2 atom stereocenters. The minimum atomic E-state index is -3.38. The molecule has 1 N–H and O–H groups in total. The Balaban J connectivity index is 2.25. The highest BCUT2D eigenvalue weighted by Crippen LogP contribution is 2.28. The van der Waals surface area contributed by atoms with Crippen LogP contribution in [0.25, 0.3) is 0 Å². The summed E-state index contributed by atoms with van der Waals surface area (Å²) in [5.41, 5.74) is 0. The SMILES string of the molecule is CC1CC(C)CN(S(=O)(=O)c2csc(CO)c2)C1. The van der Waals surface area contributed by atoms with E-state index in [9.17, 15) is 8.42 Å². The van der Waals surface area contributed by atoms with Gasteiger partial charge in [0.2, 0.25) is 10.0 Å². The zero-order valence-electron chi connectivity index (χ0n) is 10.7. The molecule has 1 aromatic rings. The van der Waals surface area contributed by atoms with Crippen molar-refractivity contribution in [3.05, 3.63) is 16.3 Å². The predicted octanol–water partition coefficient (Wildman–Crippen LogP) is 1.91. The number of hydrogen-bond acceptors (Lipinski definition) is 4. The quantitative estimate of drug-likeness (QED) is 0.924. The van der Waals surface area contributed by atoms with E-state index >= 15 is 0 Å². The molecule has 6 heteroatoms. The Bertz CT molecular complexity index is 499. The van der Waals surface area contributed by atoms with Crippen LogP contribution in [0.1, 0.15) is 25.1 Å². The van der Waals surface area contributed by atoms with Crippen molar-refractivity contribution in [3.8, 4) is 0 Å². The van der Waals surface area contributed by atoms with E-state index in [-0.39, 0.29) is 6.61 Å². The van der Waals surface area contributed by atoms with Crippen molar-refractivity contribution < 1.29 is 13.5 Å². The summed E-state index contributed by atoms with van der Waals surface area (Å²) in [7, 11) is -3.38. The first-order valence-corrected chi connectivity index (χ1v) is 8.44. The smallest absolute Gasteiger partial charge is 0.243 e. The van der Waals surface area contributed by atoms with Gasteiger partial charge < -0.3 is 5.11 Å². The summed E-state index contributed by atoms with van der Waals surface area (Å²) >= 11 is 1.29. The highest BCUT2D eigenvalue weighted by molar-refractivity contribution is 7.89. The monoisotopic (exact) mass is 289 g/mol. The maximum absolute atomic E-state index is 12.5. The lowest BCUT2D eigenvalue weighted by Crippen LogP contribution is -2.42. The van der Waals surface area contributed by atoms with Gasteiger partial charge >= 0.3 is 0 Å².